The van der Waals surface area contributed by atoms with Crippen molar-refractivity contribution in [1.29, 1.82) is 5.26 Å². The first-order valence-corrected chi connectivity index (χ1v) is 14.2. The summed E-state index contributed by atoms with van der Waals surface area (Å²) < 4.78 is 55.9. The molecule has 0 aromatic heterocycles. The molecule has 2 N–H and O–H groups in total. The fraction of sp³-hybridized carbons (Fsp3) is 0.310. The van der Waals surface area contributed by atoms with Crippen LogP contribution in [0.3, 0.4) is 0 Å². The topological polar surface area (TPSA) is 102 Å². The van der Waals surface area contributed by atoms with E-state index in [1.54, 1.807) is 13.0 Å². The van der Waals surface area contributed by atoms with E-state index in [1.165, 1.54) is 10.4 Å². The monoisotopic (exact) mass is 552 g/mol. The molecule has 1 heterocycles. The number of carbonyl (C=O) groups is 1. The molecular formula is C29H30F2N4O3S. The lowest BCUT2D eigenvalue weighted by Crippen LogP contribution is -2.49. The first-order valence-electron chi connectivity index (χ1n) is 12.8. The van der Waals surface area contributed by atoms with Crippen molar-refractivity contribution in [3.8, 4) is 17.2 Å². The van der Waals surface area contributed by atoms with E-state index in [4.69, 9.17) is 0 Å². The van der Waals surface area contributed by atoms with Gasteiger partial charge in [0, 0.05) is 37.8 Å². The quantitative estimate of drug-likeness (QED) is 0.385. The van der Waals surface area contributed by atoms with Gasteiger partial charge in [-0.05, 0) is 65.6 Å². The highest BCUT2D eigenvalue weighted by atomic mass is 32.2. The first-order chi connectivity index (χ1) is 18.7. The summed E-state index contributed by atoms with van der Waals surface area (Å²) in [6.45, 7) is 2.62. The van der Waals surface area contributed by atoms with Crippen LogP contribution in [-0.2, 0) is 20.4 Å². The Kier molecular flexibility index (Phi) is 8.75. The highest BCUT2D eigenvalue weighted by Gasteiger charge is 2.39. The number of nitrogens with zero attached hydrogens (tertiary/aromatic N) is 2. The highest BCUT2D eigenvalue weighted by molar-refractivity contribution is 7.87. The van der Waals surface area contributed by atoms with Gasteiger partial charge in [-0.1, -0.05) is 43.3 Å². The van der Waals surface area contributed by atoms with Crippen molar-refractivity contribution in [2.24, 2.45) is 0 Å². The summed E-state index contributed by atoms with van der Waals surface area (Å²) >= 11 is 0. The van der Waals surface area contributed by atoms with Crippen LogP contribution >= 0.6 is 0 Å². The van der Waals surface area contributed by atoms with Gasteiger partial charge >= 0.3 is 0 Å². The highest BCUT2D eigenvalue weighted by Crippen LogP contribution is 2.41. The van der Waals surface area contributed by atoms with E-state index in [2.05, 4.69) is 16.1 Å². The second kappa shape index (κ2) is 12.0. The fourth-order valence-electron chi connectivity index (χ4n) is 5.05. The third-order valence-electron chi connectivity index (χ3n) is 7.20. The van der Waals surface area contributed by atoms with Gasteiger partial charge in [0.05, 0.1) is 11.6 Å². The third-order valence-corrected chi connectivity index (χ3v) is 8.90. The van der Waals surface area contributed by atoms with E-state index in [0.717, 1.165) is 28.8 Å². The number of rotatable bonds is 9. The number of nitrogens with one attached hydrogen (secondary N) is 2. The number of halogens is 2. The van der Waals surface area contributed by atoms with Crippen LogP contribution in [-0.4, -0.2) is 38.3 Å². The summed E-state index contributed by atoms with van der Waals surface area (Å²) in [6, 6.07) is 20.6. The predicted molar refractivity (Wildman–Crippen MR) is 146 cm³/mol. The van der Waals surface area contributed by atoms with Crippen molar-refractivity contribution in [2.75, 3.05) is 25.0 Å². The maximum absolute atomic E-state index is 13.6. The minimum absolute atomic E-state index is 0.116. The second-order valence-electron chi connectivity index (χ2n) is 9.63. The summed E-state index contributed by atoms with van der Waals surface area (Å²) in [5.41, 5.74) is 3.11. The molecule has 1 fully saturated rings. The molecule has 0 radical (unpaired) electrons. The normalized spacial score (nSPS) is 15.4. The minimum Gasteiger partial charge on any atom is -0.326 e. The number of carbonyl (C=O) groups excluding carboxylic acids is 1. The Morgan fingerprint density at radius 2 is 1.72 bits per heavy atom. The van der Waals surface area contributed by atoms with Gasteiger partial charge in [-0.2, -0.15) is 18.0 Å². The fourth-order valence-corrected chi connectivity index (χ4v) is 6.26. The summed E-state index contributed by atoms with van der Waals surface area (Å²) in [6.07, 6.45) is 1.59. The minimum atomic E-state index is -3.58. The number of hydrogen-bond donors (Lipinski definition) is 2. The zero-order valence-electron chi connectivity index (χ0n) is 21.6. The van der Waals surface area contributed by atoms with Crippen LogP contribution in [0.5, 0.6) is 0 Å². The average molecular weight is 553 g/mol. The van der Waals surface area contributed by atoms with E-state index in [0.29, 0.717) is 44.5 Å². The second-order valence-corrected chi connectivity index (χ2v) is 11.4. The molecule has 0 atom stereocenters. The predicted octanol–water partition coefficient (Wildman–Crippen LogP) is 5.11. The Hall–Kier alpha value is -3.65. The molecule has 4 rings (SSSR count). The van der Waals surface area contributed by atoms with Crippen molar-refractivity contribution >= 4 is 21.8 Å². The van der Waals surface area contributed by atoms with Crippen molar-refractivity contribution < 1.29 is 22.0 Å². The number of hydrogen-bond acceptors (Lipinski definition) is 4. The molecule has 0 bridgehead atoms. The van der Waals surface area contributed by atoms with Crippen LogP contribution in [0.25, 0.3) is 11.1 Å². The molecule has 1 aliphatic heterocycles. The summed E-state index contributed by atoms with van der Waals surface area (Å²) in [5.74, 6) is -2.37. The number of piperidine rings is 1. The Morgan fingerprint density at radius 3 is 2.36 bits per heavy atom. The molecule has 204 valence electrons. The smallest absolute Gasteiger partial charge is 0.279 e. The lowest BCUT2D eigenvalue weighted by atomic mass is 9.70. The van der Waals surface area contributed by atoms with Crippen LogP contribution in [0.4, 0.5) is 14.5 Å². The number of benzene rings is 3. The van der Waals surface area contributed by atoms with Crippen molar-refractivity contribution in [3.05, 3.63) is 89.5 Å². The Morgan fingerprint density at radius 1 is 1.00 bits per heavy atom. The molecule has 7 nitrogen and oxygen atoms in total. The third kappa shape index (κ3) is 6.68. The lowest BCUT2D eigenvalue weighted by molar-refractivity contribution is -0.116. The van der Waals surface area contributed by atoms with Gasteiger partial charge in [0.15, 0.2) is 11.6 Å². The summed E-state index contributed by atoms with van der Waals surface area (Å²) in [4.78, 5) is 12.8. The van der Waals surface area contributed by atoms with E-state index in [9.17, 15) is 27.3 Å². The van der Waals surface area contributed by atoms with Crippen LogP contribution in [0, 0.1) is 23.0 Å². The van der Waals surface area contributed by atoms with Gasteiger partial charge in [-0.3, -0.25) is 4.79 Å². The van der Waals surface area contributed by atoms with Crippen LogP contribution in [0.15, 0.2) is 66.7 Å². The molecule has 3 aromatic carbocycles. The molecule has 39 heavy (non-hydrogen) atoms. The lowest BCUT2D eigenvalue weighted by Gasteiger charge is -2.42. The SMILES string of the molecule is CCNS(=O)(=O)N1CCC(CCC(=O)Nc2ccc(F)c(F)c2)(c2ccc(-c3cccc(C#N)c3)cc2)CC1. The zero-order chi connectivity index (χ0) is 28.0. The maximum atomic E-state index is 13.6. The number of anilines is 1. The first kappa shape index (κ1) is 28.4. The van der Waals surface area contributed by atoms with Crippen LogP contribution in [0.2, 0.25) is 0 Å². The Balaban J connectivity index is 1.55. The van der Waals surface area contributed by atoms with Gasteiger partial charge in [-0.25, -0.2) is 13.5 Å². The standard InChI is InChI=1S/C29H30F2N4O3S/c1-2-33-39(37,38)35-16-14-29(15-17-35,13-12-28(36)34-25-10-11-26(30)27(31)19-25)24-8-6-22(7-9-24)23-5-3-4-21(18-23)20-32/h3-11,18-19,33H,2,12-17H2,1H3,(H,34,36). The maximum Gasteiger partial charge on any atom is 0.279 e. The molecule has 0 spiro atoms. The largest absolute Gasteiger partial charge is 0.326 e. The van der Waals surface area contributed by atoms with Gasteiger partial charge < -0.3 is 5.32 Å². The van der Waals surface area contributed by atoms with E-state index >= 15 is 0 Å². The Labute approximate surface area is 227 Å². The average Bonchev–Trinajstić information content (AvgIpc) is 2.94. The van der Waals surface area contributed by atoms with Gasteiger partial charge in [-0.15, -0.1) is 0 Å². The number of nitriles is 1. The van der Waals surface area contributed by atoms with Gasteiger partial charge in [0.2, 0.25) is 5.91 Å². The number of amides is 1. The van der Waals surface area contributed by atoms with E-state index in [1.807, 2.05) is 42.5 Å². The molecule has 3 aromatic rings. The molecule has 1 aliphatic rings. The van der Waals surface area contributed by atoms with Crippen molar-refractivity contribution in [3.63, 3.8) is 0 Å². The van der Waals surface area contributed by atoms with Crippen molar-refractivity contribution in [2.45, 2.75) is 38.0 Å². The molecule has 0 aliphatic carbocycles. The molecule has 10 heteroatoms. The summed E-state index contributed by atoms with van der Waals surface area (Å²) in [7, 11) is -3.58. The molecule has 0 saturated carbocycles. The van der Waals surface area contributed by atoms with Crippen LogP contribution < -0.4 is 10.0 Å². The Bertz CT molecular complexity index is 1480. The molecular weight excluding hydrogens is 522 g/mol. The van der Waals surface area contributed by atoms with Crippen LogP contribution in [0.1, 0.15) is 43.7 Å². The van der Waals surface area contributed by atoms with Gasteiger partial charge in [0.25, 0.3) is 10.2 Å². The summed E-state index contributed by atoms with van der Waals surface area (Å²) in [5, 5.41) is 11.8. The van der Waals surface area contributed by atoms with Gasteiger partial charge in [0.1, 0.15) is 0 Å². The molecule has 0 unspecified atom stereocenters. The van der Waals surface area contributed by atoms with E-state index < -0.39 is 27.3 Å². The van der Waals surface area contributed by atoms with E-state index in [-0.39, 0.29) is 18.0 Å². The van der Waals surface area contributed by atoms with Crippen molar-refractivity contribution in [1.82, 2.24) is 9.03 Å². The zero-order valence-corrected chi connectivity index (χ0v) is 22.4. The molecule has 1 amide bonds. The molecule has 1 saturated heterocycles.